The number of nitrogens with one attached hydrogen (secondary N) is 1. The minimum Gasteiger partial charge on any atom is -0.478 e. The molecule has 5 heteroatoms. The predicted molar refractivity (Wildman–Crippen MR) is 96.2 cm³/mol. The molecule has 0 fully saturated rings. The monoisotopic (exact) mass is 359 g/mol. The molecule has 0 radical (unpaired) electrons. The third kappa shape index (κ3) is 2.48. The molecule has 1 aliphatic carbocycles. The van der Waals surface area contributed by atoms with Gasteiger partial charge in [0.05, 0.1) is 11.6 Å². The Morgan fingerprint density at radius 1 is 1.17 bits per heavy atom. The van der Waals surface area contributed by atoms with E-state index < -0.39 is 5.97 Å². The minimum atomic E-state index is -0.914. The Bertz CT molecular complexity index is 845. The molecule has 122 valence electrons. The van der Waals surface area contributed by atoms with E-state index in [-0.39, 0.29) is 12.0 Å². The fourth-order valence-electron chi connectivity index (χ4n) is 3.81. The number of halogens is 2. The fourth-order valence-corrected chi connectivity index (χ4v) is 4.43. The van der Waals surface area contributed by atoms with E-state index in [0.29, 0.717) is 21.5 Å². The molecule has 1 heterocycles. The van der Waals surface area contributed by atoms with Gasteiger partial charge in [0.2, 0.25) is 0 Å². The average molecular weight is 360 g/mol. The molecule has 3 atom stereocenters. The Balaban J connectivity index is 1.76. The highest BCUT2D eigenvalue weighted by Gasteiger charge is 2.39. The first-order valence-corrected chi connectivity index (χ1v) is 8.55. The summed E-state index contributed by atoms with van der Waals surface area (Å²) in [5.41, 5.74) is 3.41. The molecule has 3 nitrogen and oxygen atoms in total. The van der Waals surface area contributed by atoms with Gasteiger partial charge in [0.25, 0.3) is 0 Å². The molecule has 1 aliphatic heterocycles. The van der Waals surface area contributed by atoms with Gasteiger partial charge in [0, 0.05) is 27.2 Å². The van der Waals surface area contributed by atoms with E-state index in [1.807, 2.05) is 18.2 Å². The summed E-state index contributed by atoms with van der Waals surface area (Å²) in [5.74, 6) is -0.315. The van der Waals surface area contributed by atoms with E-state index >= 15 is 0 Å². The lowest BCUT2D eigenvalue weighted by Crippen LogP contribution is -2.29. The van der Waals surface area contributed by atoms with Crippen molar-refractivity contribution in [2.24, 2.45) is 5.92 Å². The molecular weight excluding hydrogens is 345 g/mol. The van der Waals surface area contributed by atoms with Gasteiger partial charge in [-0.25, -0.2) is 4.79 Å². The van der Waals surface area contributed by atoms with E-state index in [1.165, 1.54) is 0 Å². The molecule has 2 N–H and O–H groups in total. The van der Waals surface area contributed by atoms with Crippen LogP contribution in [0.2, 0.25) is 10.0 Å². The van der Waals surface area contributed by atoms with Crippen molar-refractivity contribution in [2.45, 2.75) is 18.4 Å². The van der Waals surface area contributed by atoms with Crippen molar-refractivity contribution in [3.8, 4) is 0 Å². The second-order valence-electron chi connectivity index (χ2n) is 6.25. The minimum absolute atomic E-state index is 0.0925. The van der Waals surface area contributed by atoms with Crippen LogP contribution in [0.3, 0.4) is 0 Å². The first-order valence-electron chi connectivity index (χ1n) is 7.80. The van der Waals surface area contributed by atoms with Crippen LogP contribution in [0.25, 0.3) is 0 Å². The van der Waals surface area contributed by atoms with Gasteiger partial charge in [-0.15, -0.1) is 0 Å². The van der Waals surface area contributed by atoms with Crippen LogP contribution in [0.5, 0.6) is 0 Å². The lowest BCUT2D eigenvalue weighted by Gasteiger charge is -2.38. The zero-order valence-electron chi connectivity index (χ0n) is 12.7. The third-order valence-electron chi connectivity index (χ3n) is 4.90. The molecule has 0 unspecified atom stereocenters. The van der Waals surface area contributed by atoms with Crippen molar-refractivity contribution >= 4 is 34.9 Å². The maximum absolute atomic E-state index is 11.1. The second kappa shape index (κ2) is 5.83. The summed E-state index contributed by atoms with van der Waals surface area (Å²) in [6, 6.07) is 10.9. The summed E-state index contributed by atoms with van der Waals surface area (Å²) in [6.45, 7) is 0. The summed E-state index contributed by atoms with van der Waals surface area (Å²) >= 11 is 12.6. The van der Waals surface area contributed by atoms with Gasteiger partial charge in [0.1, 0.15) is 0 Å². The van der Waals surface area contributed by atoms with Gasteiger partial charge in [-0.1, -0.05) is 47.5 Å². The summed E-state index contributed by atoms with van der Waals surface area (Å²) < 4.78 is 0. The number of carbonyl (C=O) groups is 1. The number of carboxylic acids is 1. The normalized spacial score (nSPS) is 24.2. The van der Waals surface area contributed by atoms with Gasteiger partial charge in [0.15, 0.2) is 0 Å². The van der Waals surface area contributed by atoms with E-state index in [4.69, 9.17) is 28.3 Å². The molecule has 0 spiro atoms. The van der Waals surface area contributed by atoms with Gasteiger partial charge in [-0.05, 0) is 42.2 Å². The number of hydrogen-bond donors (Lipinski definition) is 2. The largest absolute Gasteiger partial charge is 0.478 e. The Labute approximate surface area is 149 Å². The van der Waals surface area contributed by atoms with Crippen LogP contribution in [0, 0.1) is 5.92 Å². The Morgan fingerprint density at radius 3 is 2.62 bits per heavy atom. The number of benzene rings is 2. The SMILES string of the molecule is O=C(O)c1ccc([C@@H]2Nc3cc(Cl)cc(Cl)c3[C@H]3C=CC[C@H]32)cc1. The maximum atomic E-state index is 11.1. The lowest BCUT2D eigenvalue weighted by atomic mass is 9.77. The number of anilines is 1. The van der Waals surface area contributed by atoms with Crippen molar-refractivity contribution in [3.63, 3.8) is 0 Å². The van der Waals surface area contributed by atoms with Crippen molar-refractivity contribution in [3.05, 3.63) is 75.3 Å². The summed E-state index contributed by atoms with van der Waals surface area (Å²) in [5, 5.41) is 13.9. The number of allylic oxidation sites excluding steroid dienone is 2. The number of rotatable bonds is 2. The number of hydrogen-bond acceptors (Lipinski definition) is 2. The van der Waals surface area contributed by atoms with Crippen molar-refractivity contribution in [2.75, 3.05) is 5.32 Å². The molecule has 0 saturated carbocycles. The zero-order chi connectivity index (χ0) is 16.8. The molecule has 0 bridgehead atoms. The summed E-state index contributed by atoms with van der Waals surface area (Å²) in [6.07, 6.45) is 5.36. The standard InChI is InChI=1S/C19H15Cl2NO2/c20-12-8-15(21)17-13-2-1-3-14(13)18(22-16(17)9-12)10-4-6-11(7-5-10)19(23)24/h1-2,4-9,13-14,18,22H,3H2,(H,23,24)/t13-,14+,18-/m0/s1. The quantitative estimate of drug-likeness (QED) is 0.694. The smallest absolute Gasteiger partial charge is 0.335 e. The van der Waals surface area contributed by atoms with E-state index in [9.17, 15) is 4.79 Å². The van der Waals surface area contributed by atoms with Crippen molar-refractivity contribution < 1.29 is 9.90 Å². The summed E-state index contributed by atoms with van der Waals surface area (Å²) in [4.78, 5) is 11.1. The fraction of sp³-hybridized carbons (Fsp3) is 0.211. The van der Waals surface area contributed by atoms with Gasteiger partial charge in [-0.3, -0.25) is 0 Å². The van der Waals surface area contributed by atoms with Gasteiger partial charge < -0.3 is 10.4 Å². The van der Waals surface area contributed by atoms with Crippen LogP contribution in [0.1, 0.15) is 39.9 Å². The lowest BCUT2D eigenvalue weighted by molar-refractivity contribution is 0.0697. The van der Waals surface area contributed by atoms with E-state index in [1.54, 1.807) is 18.2 Å². The second-order valence-corrected chi connectivity index (χ2v) is 7.10. The Hall–Kier alpha value is -1.97. The van der Waals surface area contributed by atoms with Crippen molar-refractivity contribution in [1.82, 2.24) is 0 Å². The Kier molecular flexibility index (Phi) is 3.78. The van der Waals surface area contributed by atoms with Crippen molar-refractivity contribution in [1.29, 1.82) is 0 Å². The number of carboxylic acid groups (broad SMARTS) is 1. The first-order chi connectivity index (χ1) is 11.5. The molecule has 2 aliphatic rings. The zero-order valence-corrected chi connectivity index (χ0v) is 14.2. The molecule has 0 amide bonds. The molecule has 24 heavy (non-hydrogen) atoms. The molecular formula is C19H15Cl2NO2. The number of fused-ring (bicyclic) bond motifs is 3. The molecule has 4 rings (SSSR count). The van der Waals surface area contributed by atoms with Crippen LogP contribution in [-0.4, -0.2) is 11.1 Å². The van der Waals surface area contributed by atoms with Crippen LogP contribution in [0.15, 0.2) is 48.6 Å². The molecule has 2 aromatic rings. The molecule has 2 aromatic carbocycles. The van der Waals surface area contributed by atoms with E-state index in [2.05, 4.69) is 17.5 Å². The van der Waals surface area contributed by atoms with Crippen LogP contribution in [0.4, 0.5) is 5.69 Å². The van der Waals surface area contributed by atoms with Gasteiger partial charge in [-0.2, -0.15) is 0 Å². The van der Waals surface area contributed by atoms with Crippen LogP contribution < -0.4 is 5.32 Å². The van der Waals surface area contributed by atoms with Crippen LogP contribution >= 0.6 is 23.2 Å². The third-order valence-corrected chi connectivity index (χ3v) is 5.43. The predicted octanol–water partition coefficient (Wildman–Crippen LogP) is 5.52. The average Bonchev–Trinajstić information content (AvgIpc) is 3.02. The topological polar surface area (TPSA) is 49.3 Å². The maximum Gasteiger partial charge on any atom is 0.335 e. The highest BCUT2D eigenvalue weighted by Crippen LogP contribution is 2.52. The number of aromatic carboxylic acids is 1. The Morgan fingerprint density at radius 2 is 1.92 bits per heavy atom. The molecule has 0 saturated heterocycles. The van der Waals surface area contributed by atoms with Gasteiger partial charge >= 0.3 is 5.97 Å². The van der Waals surface area contributed by atoms with E-state index in [0.717, 1.165) is 23.2 Å². The first kappa shape index (κ1) is 15.6. The van der Waals surface area contributed by atoms with Crippen LogP contribution in [-0.2, 0) is 0 Å². The highest BCUT2D eigenvalue weighted by molar-refractivity contribution is 6.35. The summed E-state index contributed by atoms with van der Waals surface area (Å²) in [7, 11) is 0. The highest BCUT2D eigenvalue weighted by atomic mass is 35.5. The molecule has 0 aromatic heterocycles.